The lowest BCUT2D eigenvalue weighted by Crippen LogP contribution is -2.18. The largest absolute Gasteiger partial charge is 0.350 e. The Morgan fingerprint density at radius 2 is 2.00 bits per heavy atom. The lowest BCUT2D eigenvalue weighted by Gasteiger charge is -2.11. The minimum Gasteiger partial charge on any atom is -0.350 e. The van der Waals surface area contributed by atoms with Gasteiger partial charge in [0, 0.05) is 12.2 Å². The maximum atomic E-state index is 4.50. The second-order valence-electron chi connectivity index (χ2n) is 5.18. The highest BCUT2D eigenvalue weighted by molar-refractivity contribution is 5.45. The molecule has 4 nitrogen and oxygen atoms in total. The maximum absolute atomic E-state index is 4.50. The molecule has 0 radical (unpaired) electrons. The third-order valence-corrected chi connectivity index (χ3v) is 3.25. The second-order valence-corrected chi connectivity index (χ2v) is 5.18. The molecule has 2 aromatic heterocycles. The van der Waals surface area contributed by atoms with Gasteiger partial charge in [-0.2, -0.15) is 4.98 Å². The smallest absolute Gasteiger partial charge is 0.243 e. The first kappa shape index (κ1) is 12.7. The van der Waals surface area contributed by atoms with Gasteiger partial charge in [-0.25, -0.2) is 4.52 Å². The molecule has 0 aliphatic carbocycles. The average molecular weight is 266 g/mol. The molecule has 1 atom stereocenters. The van der Waals surface area contributed by atoms with Gasteiger partial charge >= 0.3 is 0 Å². The molecule has 1 unspecified atom stereocenters. The Labute approximate surface area is 118 Å². The van der Waals surface area contributed by atoms with Crippen LogP contribution < -0.4 is 5.32 Å². The lowest BCUT2D eigenvalue weighted by atomic mass is 10.1. The number of aromatic nitrogens is 3. The van der Waals surface area contributed by atoms with Gasteiger partial charge in [0.25, 0.3) is 0 Å². The minimum absolute atomic E-state index is 0.288. The number of benzene rings is 1. The molecule has 0 bridgehead atoms. The van der Waals surface area contributed by atoms with Crippen molar-refractivity contribution >= 4 is 11.6 Å². The van der Waals surface area contributed by atoms with E-state index < -0.39 is 0 Å². The molecule has 1 aromatic carbocycles. The molecule has 0 spiro atoms. The Bertz CT molecular complexity index is 703. The molecule has 1 N–H and O–H groups in total. The molecule has 2 heterocycles. The summed E-state index contributed by atoms with van der Waals surface area (Å²) in [4.78, 5) is 4.50. The summed E-state index contributed by atoms with van der Waals surface area (Å²) in [6.45, 7) is 4.20. The van der Waals surface area contributed by atoms with Crippen molar-refractivity contribution < 1.29 is 0 Å². The number of aryl methyl sites for hydroxylation is 1. The fraction of sp³-hybridized carbons (Fsp3) is 0.250. The van der Waals surface area contributed by atoms with Crippen molar-refractivity contribution in [1.82, 2.24) is 14.6 Å². The normalized spacial score (nSPS) is 12.5. The molecular weight excluding hydrogens is 248 g/mol. The SMILES string of the molecule is Cc1ccn2nc(NC(C)Cc3ccccc3)nc2c1. The standard InChI is InChI=1S/C16H18N4/c1-12-8-9-20-15(10-12)18-16(19-20)17-13(2)11-14-6-4-3-5-7-14/h3-10,13H,11H2,1-2H3,(H,17,19). The van der Waals surface area contributed by atoms with Crippen LogP contribution in [0.3, 0.4) is 0 Å². The number of nitrogens with zero attached hydrogens (tertiary/aromatic N) is 3. The van der Waals surface area contributed by atoms with E-state index in [1.165, 1.54) is 11.1 Å². The molecule has 3 rings (SSSR count). The molecule has 0 amide bonds. The van der Waals surface area contributed by atoms with Gasteiger partial charge in [0.05, 0.1) is 0 Å². The number of nitrogens with one attached hydrogen (secondary N) is 1. The topological polar surface area (TPSA) is 42.2 Å². The maximum Gasteiger partial charge on any atom is 0.243 e. The molecular formula is C16H18N4. The lowest BCUT2D eigenvalue weighted by molar-refractivity contribution is 0.775. The molecule has 0 saturated heterocycles. The third kappa shape index (κ3) is 2.79. The van der Waals surface area contributed by atoms with E-state index in [2.05, 4.69) is 53.5 Å². The summed E-state index contributed by atoms with van der Waals surface area (Å²) in [6.07, 6.45) is 2.89. The number of rotatable bonds is 4. The van der Waals surface area contributed by atoms with E-state index in [4.69, 9.17) is 0 Å². The first-order valence-electron chi connectivity index (χ1n) is 6.84. The first-order chi connectivity index (χ1) is 9.70. The van der Waals surface area contributed by atoms with Gasteiger partial charge in [0.2, 0.25) is 5.95 Å². The van der Waals surface area contributed by atoms with E-state index in [-0.39, 0.29) is 6.04 Å². The van der Waals surface area contributed by atoms with Crippen LogP contribution in [0.5, 0.6) is 0 Å². The van der Waals surface area contributed by atoms with Gasteiger partial charge in [-0.3, -0.25) is 0 Å². The Balaban J connectivity index is 1.72. The van der Waals surface area contributed by atoms with Crippen LogP contribution in [0.2, 0.25) is 0 Å². The third-order valence-electron chi connectivity index (χ3n) is 3.25. The van der Waals surface area contributed by atoms with Crippen molar-refractivity contribution in [2.45, 2.75) is 26.3 Å². The molecule has 0 fully saturated rings. The zero-order valence-corrected chi connectivity index (χ0v) is 11.7. The monoisotopic (exact) mass is 266 g/mol. The summed E-state index contributed by atoms with van der Waals surface area (Å²) < 4.78 is 1.80. The second kappa shape index (κ2) is 5.33. The molecule has 3 aromatic rings. The van der Waals surface area contributed by atoms with Crippen LogP contribution in [0, 0.1) is 6.92 Å². The van der Waals surface area contributed by atoms with E-state index in [9.17, 15) is 0 Å². The van der Waals surface area contributed by atoms with Crippen LogP contribution >= 0.6 is 0 Å². The molecule has 0 aliphatic heterocycles. The molecule has 20 heavy (non-hydrogen) atoms. The summed E-state index contributed by atoms with van der Waals surface area (Å²) in [6, 6.07) is 14.8. The van der Waals surface area contributed by atoms with E-state index in [1.807, 2.05) is 24.4 Å². The predicted octanol–water partition coefficient (Wildman–Crippen LogP) is 3.08. The molecule has 4 heteroatoms. The highest BCUT2D eigenvalue weighted by Gasteiger charge is 2.08. The van der Waals surface area contributed by atoms with E-state index in [0.717, 1.165) is 12.1 Å². The Kier molecular flexibility index (Phi) is 3.37. The van der Waals surface area contributed by atoms with Crippen LogP contribution in [-0.4, -0.2) is 20.6 Å². The summed E-state index contributed by atoms with van der Waals surface area (Å²) in [5.41, 5.74) is 3.38. The van der Waals surface area contributed by atoms with E-state index >= 15 is 0 Å². The zero-order valence-electron chi connectivity index (χ0n) is 11.7. The van der Waals surface area contributed by atoms with Gasteiger partial charge in [-0.15, -0.1) is 5.10 Å². The number of fused-ring (bicyclic) bond motifs is 1. The first-order valence-corrected chi connectivity index (χ1v) is 6.84. The number of hydrogen-bond acceptors (Lipinski definition) is 3. The van der Waals surface area contributed by atoms with Crippen LogP contribution in [0.25, 0.3) is 5.65 Å². The average Bonchev–Trinajstić information content (AvgIpc) is 2.80. The summed E-state index contributed by atoms with van der Waals surface area (Å²) in [5, 5.41) is 7.79. The van der Waals surface area contributed by atoms with Crippen molar-refractivity contribution in [3.05, 3.63) is 59.8 Å². The van der Waals surface area contributed by atoms with Crippen molar-refractivity contribution in [3.8, 4) is 0 Å². The Morgan fingerprint density at radius 3 is 2.80 bits per heavy atom. The summed E-state index contributed by atoms with van der Waals surface area (Å²) in [5.74, 6) is 0.680. The van der Waals surface area contributed by atoms with E-state index in [0.29, 0.717) is 5.95 Å². The van der Waals surface area contributed by atoms with Crippen LogP contribution in [0.15, 0.2) is 48.7 Å². The highest BCUT2D eigenvalue weighted by atomic mass is 15.3. The number of anilines is 1. The molecule has 102 valence electrons. The number of hydrogen-bond donors (Lipinski definition) is 1. The van der Waals surface area contributed by atoms with Gasteiger partial charge in [-0.1, -0.05) is 30.3 Å². The minimum atomic E-state index is 0.288. The van der Waals surface area contributed by atoms with Crippen LogP contribution in [-0.2, 0) is 6.42 Å². The fourth-order valence-electron chi connectivity index (χ4n) is 2.28. The number of pyridine rings is 1. The fourth-order valence-corrected chi connectivity index (χ4v) is 2.28. The van der Waals surface area contributed by atoms with Crippen molar-refractivity contribution in [2.75, 3.05) is 5.32 Å². The van der Waals surface area contributed by atoms with Gasteiger partial charge < -0.3 is 5.32 Å². The quantitative estimate of drug-likeness (QED) is 0.789. The Hall–Kier alpha value is -2.36. The molecule has 0 aliphatic rings. The molecule has 0 saturated carbocycles. The zero-order chi connectivity index (χ0) is 13.9. The van der Waals surface area contributed by atoms with Crippen molar-refractivity contribution in [3.63, 3.8) is 0 Å². The van der Waals surface area contributed by atoms with Crippen LogP contribution in [0.1, 0.15) is 18.1 Å². The summed E-state index contributed by atoms with van der Waals surface area (Å²) >= 11 is 0. The highest BCUT2D eigenvalue weighted by Crippen LogP contribution is 2.10. The van der Waals surface area contributed by atoms with Crippen molar-refractivity contribution in [2.24, 2.45) is 0 Å². The van der Waals surface area contributed by atoms with Gasteiger partial charge in [0.15, 0.2) is 5.65 Å². The van der Waals surface area contributed by atoms with E-state index in [1.54, 1.807) is 4.52 Å². The Morgan fingerprint density at radius 1 is 1.20 bits per heavy atom. The van der Waals surface area contributed by atoms with Crippen LogP contribution in [0.4, 0.5) is 5.95 Å². The summed E-state index contributed by atoms with van der Waals surface area (Å²) in [7, 11) is 0. The van der Waals surface area contributed by atoms with Gasteiger partial charge in [0.1, 0.15) is 0 Å². The van der Waals surface area contributed by atoms with Crippen molar-refractivity contribution in [1.29, 1.82) is 0 Å². The van der Waals surface area contributed by atoms with Gasteiger partial charge in [-0.05, 0) is 43.5 Å². The predicted molar refractivity (Wildman–Crippen MR) is 81.0 cm³/mol.